The molecule has 1 fully saturated rings. The Morgan fingerprint density at radius 1 is 1.37 bits per heavy atom. The van der Waals surface area contributed by atoms with Crippen LogP contribution in [0.25, 0.3) is 0 Å². The third-order valence-electron chi connectivity index (χ3n) is 2.94. The molecular formula is C12H14N2O5. The first kappa shape index (κ1) is 13.1. The van der Waals surface area contributed by atoms with Crippen LogP contribution in [0.1, 0.15) is 18.4 Å². The van der Waals surface area contributed by atoms with E-state index in [1.165, 1.54) is 18.2 Å². The number of carbonyl (C=O) groups is 1. The fourth-order valence-corrected chi connectivity index (χ4v) is 1.92. The molecule has 2 rings (SSSR count). The number of benzene rings is 1. The second-order valence-corrected chi connectivity index (χ2v) is 4.33. The fourth-order valence-electron chi connectivity index (χ4n) is 1.92. The topological polar surface area (TPSA) is 81.9 Å². The van der Waals surface area contributed by atoms with E-state index >= 15 is 0 Å². The summed E-state index contributed by atoms with van der Waals surface area (Å²) in [6.07, 6.45) is 1.39. The molecule has 7 nitrogen and oxygen atoms in total. The summed E-state index contributed by atoms with van der Waals surface area (Å²) >= 11 is 0. The zero-order chi connectivity index (χ0) is 13.8. The van der Waals surface area contributed by atoms with E-state index in [1.54, 1.807) is 11.8 Å². The van der Waals surface area contributed by atoms with Gasteiger partial charge in [0.1, 0.15) is 0 Å². The van der Waals surface area contributed by atoms with Gasteiger partial charge in [-0.3, -0.25) is 15.0 Å². The summed E-state index contributed by atoms with van der Waals surface area (Å²) in [4.78, 5) is 32.8. The highest BCUT2D eigenvalue weighted by Crippen LogP contribution is 2.23. The Labute approximate surface area is 109 Å². The Kier molecular flexibility index (Phi) is 3.84. The first-order valence-electron chi connectivity index (χ1n) is 5.96. The number of rotatable bonds is 3. The van der Waals surface area contributed by atoms with Crippen LogP contribution >= 0.6 is 0 Å². The van der Waals surface area contributed by atoms with E-state index in [0.717, 1.165) is 12.8 Å². The molecule has 102 valence electrons. The van der Waals surface area contributed by atoms with E-state index in [2.05, 4.69) is 4.89 Å². The van der Waals surface area contributed by atoms with Crippen LogP contribution in [0.4, 0.5) is 10.5 Å². The van der Waals surface area contributed by atoms with Crippen molar-refractivity contribution in [3.05, 3.63) is 33.9 Å². The smallest absolute Gasteiger partial charge is 0.305 e. The van der Waals surface area contributed by atoms with Gasteiger partial charge < -0.3 is 4.90 Å². The first-order valence-corrected chi connectivity index (χ1v) is 5.96. The van der Waals surface area contributed by atoms with E-state index in [-0.39, 0.29) is 11.4 Å². The summed E-state index contributed by atoms with van der Waals surface area (Å²) < 4.78 is 0. The van der Waals surface area contributed by atoms with Crippen LogP contribution in [0.2, 0.25) is 0 Å². The molecule has 0 aliphatic carbocycles. The van der Waals surface area contributed by atoms with Gasteiger partial charge in [-0.1, -0.05) is 0 Å². The molecule has 1 saturated heterocycles. The molecule has 19 heavy (non-hydrogen) atoms. The molecule has 1 aromatic carbocycles. The van der Waals surface area contributed by atoms with Gasteiger partial charge in [0.05, 0.1) is 4.92 Å². The SMILES string of the molecule is Cc1cc(OOC(=O)N2CCCC2)ccc1[N+](=O)[O-]. The normalized spacial score (nSPS) is 14.3. The molecule has 0 atom stereocenters. The van der Waals surface area contributed by atoms with Crippen LogP contribution in [0.15, 0.2) is 18.2 Å². The van der Waals surface area contributed by atoms with Gasteiger partial charge in [-0.25, -0.2) is 9.68 Å². The minimum atomic E-state index is -0.534. The molecule has 0 bridgehead atoms. The van der Waals surface area contributed by atoms with E-state index in [1.807, 2.05) is 0 Å². The second-order valence-electron chi connectivity index (χ2n) is 4.33. The standard InChI is InChI=1S/C12H14N2O5/c1-9-8-10(4-5-11(9)14(16)17)18-19-12(15)13-6-2-3-7-13/h4-5,8H,2-3,6-7H2,1H3. The predicted molar refractivity (Wildman–Crippen MR) is 65.7 cm³/mol. The quantitative estimate of drug-likeness (QED) is 0.476. The van der Waals surface area contributed by atoms with Gasteiger partial charge in [0.2, 0.25) is 0 Å². The molecular weight excluding hydrogens is 252 g/mol. The van der Waals surface area contributed by atoms with Crippen LogP contribution in [0.5, 0.6) is 5.75 Å². The number of nitro benzene ring substituents is 1. The lowest BCUT2D eigenvalue weighted by atomic mass is 10.2. The maximum absolute atomic E-state index is 11.5. The number of hydrogen-bond donors (Lipinski definition) is 0. The van der Waals surface area contributed by atoms with Crippen LogP contribution in [-0.2, 0) is 4.89 Å². The Balaban J connectivity index is 1.94. The number of likely N-dealkylation sites (tertiary alicyclic amines) is 1. The highest BCUT2D eigenvalue weighted by atomic mass is 17.2. The molecule has 0 N–H and O–H groups in total. The summed E-state index contributed by atoms with van der Waals surface area (Å²) in [5, 5.41) is 10.6. The van der Waals surface area contributed by atoms with Gasteiger partial charge in [0.15, 0.2) is 5.75 Å². The number of amides is 1. The summed E-state index contributed by atoms with van der Waals surface area (Å²) in [6, 6.07) is 4.16. The Hall–Kier alpha value is -2.31. The minimum absolute atomic E-state index is 0.00165. The number of nitro groups is 1. The number of aryl methyl sites for hydroxylation is 1. The summed E-state index contributed by atoms with van der Waals surface area (Å²) in [5.41, 5.74) is 0.443. The molecule has 1 heterocycles. The minimum Gasteiger partial charge on any atom is -0.305 e. The van der Waals surface area contributed by atoms with E-state index in [0.29, 0.717) is 18.7 Å². The van der Waals surface area contributed by atoms with E-state index in [4.69, 9.17) is 4.89 Å². The molecule has 1 aliphatic heterocycles. The fraction of sp³-hybridized carbons (Fsp3) is 0.417. The van der Waals surface area contributed by atoms with Gasteiger partial charge in [-0.05, 0) is 31.9 Å². The van der Waals surface area contributed by atoms with Crippen LogP contribution < -0.4 is 4.89 Å². The van der Waals surface area contributed by atoms with Gasteiger partial charge >= 0.3 is 6.09 Å². The first-order chi connectivity index (χ1) is 9.08. The monoisotopic (exact) mass is 266 g/mol. The van der Waals surface area contributed by atoms with Crippen molar-refractivity contribution in [1.82, 2.24) is 4.90 Å². The summed E-state index contributed by atoms with van der Waals surface area (Å²) in [7, 11) is 0. The Morgan fingerprint density at radius 3 is 2.63 bits per heavy atom. The summed E-state index contributed by atoms with van der Waals surface area (Å²) in [5.74, 6) is 0.260. The van der Waals surface area contributed by atoms with Crippen LogP contribution in [0, 0.1) is 17.0 Å². The molecule has 1 amide bonds. The van der Waals surface area contributed by atoms with E-state index in [9.17, 15) is 14.9 Å². The molecule has 1 aromatic rings. The molecule has 0 spiro atoms. The molecule has 0 saturated carbocycles. The third kappa shape index (κ3) is 3.12. The highest BCUT2D eigenvalue weighted by Gasteiger charge is 2.20. The van der Waals surface area contributed by atoms with Crippen molar-refractivity contribution in [1.29, 1.82) is 0 Å². The van der Waals surface area contributed by atoms with E-state index < -0.39 is 11.0 Å². The summed E-state index contributed by atoms with van der Waals surface area (Å²) in [6.45, 7) is 2.93. The lowest BCUT2D eigenvalue weighted by Gasteiger charge is -2.13. The Morgan fingerprint density at radius 2 is 2.05 bits per heavy atom. The van der Waals surface area contributed by atoms with Crippen molar-refractivity contribution < 1.29 is 19.5 Å². The maximum atomic E-state index is 11.5. The average molecular weight is 266 g/mol. The van der Waals surface area contributed by atoms with Crippen molar-refractivity contribution in [2.45, 2.75) is 19.8 Å². The molecule has 0 unspecified atom stereocenters. The zero-order valence-electron chi connectivity index (χ0n) is 10.5. The van der Waals surface area contributed by atoms with Gasteiger partial charge in [0, 0.05) is 24.7 Å². The lowest BCUT2D eigenvalue weighted by Crippen LogP contribution is -2.29. The van der Waals surface area contributed by atoms with Crippen molar-refractivity contribution in [3.8, 4) is 5.75 Å². The second kappa shape index (κ2) is 5.55. The van der Waals surface area contributed by atoms with Gasteiger partial charge in [0.25, 0.3) is 5.69 Å². The van der Waals surface area contributed by atoms with Crippen LogP contribution in [0.3, 0.4) is 0 Å². The molecule has 0 radical (unpaired) electrons. The zero-order valence-corrected chi connectivity index (χ0v) is 10.5. The van der Waals surface area contributed by atoms with Crippen molar-refractivity contribution in [3.63, 3.8) is 0 Å². The van der Waals surface area contributed by atoms with Gasteiger partial charge in [-0.15, -0.1) is 0 Å². The van der Waals surface area contributed by atoms with Gasteiger partial charge in [-0.2, -0.15) is 0 Å². The molecule has 1 aliphatic rings. The van der Waals surface area contributed by atoms with Crippen molar-refractivity contribution in [2.75, 3.05) is 13.1 Å². The number of nitrogens with zero attached hydrogens (tertiary/aromatic N) is 2. The molecule has 0 aromatic heterocycles. The average Bonchev–Trinajstić information content (AvgIpc) is 2.89. The number of carbonyl (C=O) groups excluding carboxylic acids is 1. The van der Waals surface area contributed by atoms with Crippen molar-refractivity contribution in [2.24, 2.45) is 0 Å². The molecule has 7 heteroatoms. The lowest BCUT2D eigenvalue weighted by molar-refractivity contribution is -0.385. The number of hydrogen-bond acceptors (Lipinski definition) is 5. The highest BCUT2D eigenvalue weighted by molar-refractivity contribution is 5.67. The predicted octanol–water partition coefficient (Wildman–Crippen LogP) is 2.43. The van der Waals surface area contributed by atoms with Crippen molar-refractivity contribution >= 4 is 11.8 Å². The third-order valence-corrected chi connectivity index (χ3v) is 2.94. The van der Waals surface area contributed by atoms with Crippen LogP contribution in [-0.4, -0.2) is 29.0 Å². The Bertz CT molecular complexity index is 497. The maximum Gasteiger partial charge on any atom is 0.452 e. The largest absolute Gasteiger partial charge is 0.452 e.